The van der Waals surface area contributed by atoms with Crippen LogP contribution in [0.4, 0.5) is 0 Å². The minimum absolute atomic E-state index is 0.133. The van der Waals surface area contributed by atoms with Crippen molar-refractivity contribution < 1.29 is 14.6 Å². The van der Waals surface area contributed by atoms with E-state index < -0.39 is 17.2 Å². The average Bonchev–Trinajstić information content (AvgIpc) is 3.14. The standard InChI is InChI=1S/C19H32N4O3S/c1-3-27-14-12-22-10-5-19(6-11-22)17(25)18(2,7-13-26-19)21-16(24)15-23-9-4-8-20-23/h4,8-9,17,25H,3,5-7,10-15H2,1-2H3,(H,21,24)/t17-,18+/m1/s1. The van der Waals surface area contributed by atoms with Gasteiger partial charge in [-0.15, -0.1) is 0 Å². The van der Waals surface area contributed by atoms with Crippen LogP contribution in [-0.2, 0) is 16.1 Å². The number of hydrogen-bond acceptors (Lipinski definition) is 6. The Kier molecular flexibility index (Phi) is 6.83. The third kappa shape index (κ3) is 4.85. The Hall–Kier alpha value is -1.09. The number of amides is 1. The lowest BCUT2D eigenvalue weighted by atomic mass is 9.73. The molecule has 2 N–H and O–H groups in total. The Labute approximate surface area is 165 Å². The number of hydrogen-bond donors (Lipinski definition) is 2. The van der Waals surface area contributed by atoms with Gasteiger partial charge in [-0.1, -0.05) is 6.92 Å². The van der Waals surface area contributed by atoms with E-state index in [4.69, 9.17) is 4.74 Å². The molecule has 0 unspecified atom stereocenters. The van der Waals surface area contributed by atoms with E-state index >= 15 is 0 Å². The van der Waals surface area contributed by atoms with Crippen LogP contribution in [0.25, 0.3) is 0 Å². The smallest absolute Gasteiger partial charge is 0.242 e. The van der Waals surface area contributed by atoms with Crippen molar-refractivity contribution in [1.82, 2.24) is 20.0 Å². The van der Waals surface area contributed by atoms with Crippen molar-refractivity contribution in [1.29, 1.82) is 0 Å². The van der Waals surface area contributed by atoms with Gasteiger partial charge in [-0.25, -0.2) is 0 Å². The summed E-state index contributed by atoms with van der Waals surface area (Å²) in [6, 6.07) is 1.79. The van der Waals surface area contributed by atoms with Gasteiger partial charge < -0.3 is 20.1 Å². The zero-order valence-corrected chi connectivity index (χ0v) is 17.2. The van der Waals surface area contributed by atoms with Crippen LogP contribution in [-0.4, -0.2) is 80.7 Å². The molecule has 2 saturated heterocycles. The largest absolute Gasteiger partial charge is 0.388 e. The number of thioether (sulfide) groups is 1. The molecule has 27 heavy (non-hydrogen) atoms. The number of carbonyl (C=O) groups excluding carboxylic acids is 1. The number of piperidine rings is 1. The van der Waals surface area contributed by atoms with E-state index in [1.807, 2.05) is 18.7 Å². The van der Waals surface area contributed by atoms with Gasteiger partial charge in [0.05, 0.1) is 11.1 Å². The molecule has 1 spiro atoms. The topological polar surface area (TPSA) is 79.6 Å². The first-order valence-electron chi connectivity index (χ1n) is 9.88. The Balaban J connectivity index is 1.58. The molecule has 2 aliphatic heterocycles. The number of aliphatic hydroxyl groups excluding tert-OH is 1. The third-order valence-corrected chi connectivity index (χ3v) is 6.74. The lowest BCUT2D eigenvalue weighted by Gasteiger charge is -2.53. The zero-order chi connectivity index (χ0) is 19.3. The molecule has 2 atom stereocenters. The molecule has 1 amide bonds. The summed E-state index contributed by atoms with van der Waals surface area (Å²) < 4.78 is 7.72. The van der Waals surface area contributed by atoms with Crippen LogP contribution in [0, 0.1) is 0 Å². The second-order valence-electron chi connectivity index (χ2n) is 7.77. The van der Waals surface area contributed by atoms with Crippen LogP contribution in [0.1, 0.15) is 33.1 Å². The number of carbonyl (C=O) groups is 1. The maximum absolute atomic E-state index is 12.5. The zero-order valence-electron chi connectivity index (χ0n) is 16.4. The predicted octanol–water partition coefficient (Wildman–Crippen LogP) is 1.13. The van der Waals surface area contributed by atoms with Gasteiger partial charge in [0.1, 0.15) is 12.6 Å². The van der Waals surface area contributed by atoms with Gasteiger partial charge in [0.2, 0.25) is 5.91 Å². The van der Waals surface area contributed by atoms with E-state index in [-0.39, 0.29) is 12.5 Å². The summed E-state index contributed by atoms with van der Waals surface area (Å²) in [5.41, 5.74) is -1.23. The summed E-state index contributed by atoms with van der Waals surface area (Å²) in [6.07, 6.45) is 4.91. The lowest BCUT2D eigenvalue weighted by molar-refractivity contribution is -0.207. The van der Waals surface area contributed by atoms with Crippen molar-refractivity contribution in [3.63, 3.8) is 0 Å². The highest BCUT2D eigenvalue weighted by Gasteiger charge is 2.53. The van der Waals surface area contributed by atoms with E-state index in [1.54, 1.807) is 23.1 Å². The number of rotatable bonds is 7. The molecule has 2 aliphatic rings. The number of ether oxygens (including phenoxy) is 1. The van der Waals surface area contributed by atoms with E-state index in [9.17, 15) is 9.90 Å². The van der Waals surface area contributed by atoms with Crippen LogP contribution >= 0.6 is 11.8 Å². The van der Waals surface area contributed by atoms with Gasteiger partial charge in [-0.2, -0.15) is 16.9 Å². The molecule has 8 heteroatoms. The fourth-order valence-corrected chi connectivity index (χ4v) is 4.88. The molecule has 1 aromatic heterocycles. The fraction of sp³-hybridized carbons (Fsp3) is 0.789. The molecule has 3 heterocycles. The number of nitrogens with one attached hydrogen (secondary N) is 1. The van der Waals surface area contributed by atoms with Gasteiger partial charge in [-0.05, 0) is 38.0 Å². The van der Waals surface area contributed by atoms with Crippen molar-refractivity contribution in [3.05, 3.63) is 18.5 Å². The van der Waals surface area contributed by atoms with Crippen LogP contribution in [0.15, 0.2) is 18.5 Å². The molecule has 2 fully saturated rings. The van der Waals surface area contributed by atoms with Crippen molar-refractivity contribution >= 4 is 17.7 Å². The first kappa shape index (κ1) is 20.6. The molecule has 0 radical (unpaired) electrons. The van der Waals surface area contributed by atoms with Crippen LogP contribution < -0.4 is 5.32 Å². The van der Waals surface area contributed by atoms with Crippen molar-refractivity contribution in [2.24, 2.45) is 0 Å². The molecule has 3 rings (SSSR count). The summed E-state index contributed by atoms with van der Waals surface area (Å²) >= 11 is 1.96. The Bertz CT molecular complexity index is 604. The maximum atomic E-state index is 12.5. The normalized spacial score (nSPS) is 28.3. The van der Waals surface area contributed by atoms with Crippen LogP contribution in [0.3, 0.4) is 0 Å². The highest BCUT2D eigenvalue weighted by molar-refractivity contribution is 7.99. The lowest BCUT2D eigenvalue weighted by Crippen LogP contribution is -2.69. The first-order chi connectivity index (χ1) is 13.0. The minimum Gasteiger partial charge on any atom is -0.388 e. The quantitative estimate of drug-likeness (QED) is 0.673. The fourth-order valence-electron chi connectivity index (χ4n) is 4.20. The number of likely N-dealkylation sites (tertiary alicyclic amines) is 1. The van der Waals surface area contributed by atoms with Gasteiger partial charge in [0.15, 0.2) is 0 Å². The molecular formula is C19H32N4O3S. The monoisotopic (exact) mass is 396 g/mol. The minimum atomic E-state index is -0.715. The molecule has 0 bridgehead atoms. The van der Waals surface area contributed by atoms with E-state index in [0.717, 1.165) is 44.0 Å². The highest BCUT2D eigenvalue weighted by Crippen LogP contribution is 2.39. The average molecular weight is 397 g/mol. The van der Waals surface area contributed by atoms with Crippen molar-refractivity contribution in [2.45, 2.75) is 56.9 Å². The van der Waals surface area contributed by atoms with E-state index in [0.29, 0.717) is 13.0 Å². The van der Waals surface area contributed by atoms with Crippen molar-refractivity contribution in [3.8, 4) is 0 Å². The highest BCUT2D eigenvalue weighted by atomic mass is 32.2. The molecule has 152 valence electrons. The van der Waals surface area contributed by atoms with E-state index in [1.165, 1.54) is 0 Å². The van der Waals surface area contributed by atoms with Crippen LogP contribution in [0.5, 0.6) is 0 Å². The van der Waals surface area contributed by atoms with E-state index in [2.05, 4.69) is 22.2 Å². The Morgan fingerprint density at radius 2 is 2.19 bits per heavy atom. The summed E-state index contributed by atoms with van der Waals surface area (Å²) in [4.78, 5) is 14.9. The van der Waals surface area contributed by atoms with Gasteiger partial charge in [0.25, 0.3) is 0 Å². The molecule has 0 saturated carbocycles. The number of nitrogens with zero attached hydrogens (tertiary/aromatic N) is 3. The van der Waals surface area contributed by atoms with Crippen LogP contribution in [0.2, 0.25) is 0 Å². The Morgan fingerprint density at radius 3 is 2.85 bits per heavy atom. The summed E-state index contributed by atoms with van der Waals surface area (Å²) in [5.74, 6) is 2.16. The summed E-state index contributed by atoms with van der Waals surface area (Å²) in [7, 11) is 0. The maximum Gasteiger partial charge on any atom is 0.242 e. The molecular weight excluding hydrogens is 364 g/mol. The Morgan fingerprint density at radius 1 is 1.41 bits per heavy atom. The molecule has 0 aliphatic carbocycles. The first-order valence-corrected chi connectivity index (χ1v) is 11.0. The summed E-state index contributed by atoms with van der Waals surface area (Å²) in [6.45, 7) is 7.78. The molecule has 0 aromatic carbocycles. The SMILES string of the molecule is CCSCCN1CCC2(CC1)OCC[C@](C)(NC(=O)Cn1cccn1)[C@H]2O. The number of aliphatic hydroxyl groups is 1. The molecule has 7 nitrogen and oxygen atoms in total. The second-order valence-corrected chi connectivity index (χ2v) is 9.17. The second kappa shape index (κ2) is 8.94. The van der Waals surface area contributed by atoms with Gasteiger partial charge in [-0.3, -0.25) is 9.48 Å². The predicted molar refractivity (Wildman–Crippen MR) is 107 cm³/mol. The number of aromatic nitrogens is 2. The molecule has 1 aromatic rings. The third-order valence-electron chi connectivity index (χ3n) is 5.86. The van der Waals surface area contributed by atoms with Crippen molar-refractivity contribution in [2.75, 3.05) is 37.7 Å². The summed E-state index contributed by atoms with van der Waals surface area (Å²) in [5, 5.41) is 18.3. The van der Waals surface area contributed by atoms with Gasteiger partial charge >= 0.3 is 0 Å². The van der Waals surface area contributed by atoms with Gasteiger partial charge in [0, 0.05) is 44.4 Å².